The summed E-state index contributed by atoms with van der Waals surface area (Å²) >= 11 is 5.18. The van der Waals surface area contributed by atoms with E-state index in [9.17, 15) is 4.79 Å². The Morgan fingerprint density at radius 1 is 1.25 bits per heavy atom. The minimum absolute atomic E-state index is 0.0391. The zero-order valence-electron chi connectivity index (χ0n) is 12.9. The fraction of sp³-hybridized carbons (Fsp3) is 0.867. The Hall–Kier alpha value is -0.680. The molecule has 0 bridgehead atoms. The highest BCUT2D eigenvalue weighted by atomic mass is 32.1. The van der Waals surface area contributed by atoms with Crippen LogP contribution in [-0.4, -0.2) is 42.0 Å². The molecule has 116 valence electrons. The van der Waals surface area contributed by atoms with E-state index in [1.807, 2.05) is 0 Å². The van der Waals surface area contributed by atoms with Crippen molar-refractivity contribution in [3.63, 3.8) is 0 Å². The van der Waals surface area contributed by atoms with Crippen LogP contribution in [0.4, 0.5) is 0 Å². The Bertz CT molecular complexity index is 327. The number of hydrogen-bond donors (Lipinski definition) is 2. The second-order valence-corrected chi connectivity index (χ2v) is 6.14. The maximum Gasteiger partial charge on any atom is 0.233 e. The van der Waals surface area contributed by atoms with Gasteiger partial charge in [-0.25, -0.2) is 0 Å². The van der Waals surface area contributed by atoms with Crippen molar-refractivity contribution in [2.24, 2.45) is 11.1 Å². The van der Waals surface area contributed by atoms with E-state index in [-0.39, 0.29) is 5.91 Å². The van der Waals surface area contributed by atoms with Gasteiger partial charge in [0.1, 0.15) is 0 Å². The summed E-state index contributed by atoms with van der Waals surface area (Å²) in [4.78, 5) is 15.2. The minimum atomic E-state index is -0.588. The second-order valence-electron chi connectivity index (χ2n) is 5.70. The van der Waals surface area contributed by atoms with Gasteiger partial charge in [-0.3, -0.25) is 4.79 Å². The molecular weight excluding hydrogens is 270 g/mol. The standard InChI is InChI=1S/C15H29N3OS/c1-3-11-18(4-2)12-10-17-14(19)15(13(16)20)8-6-5-7-9-15/h3-12H2,1-2H3,(H2,16,20)(H,17,19). The minimum Gasteiger partial charge on any atom is -0.392 e. The largest absolute Gasteiger partial charge is 0.392 e. The summed E-state index contributed by atoms with van der Waals surface area (Å²) < 4.78 is 0. The first-order chi connectivity index (χ1) is 9.56. The summed E-state index contributed by atoms with van der Waals surface area (Å²) in [5.41, 5.74) is 5.28. The molecule has 0 heterocycles. The fourth-order valence-electron chi connectivity index (χ4n) is 2.98. The van der Waals surface area contributed by atoms with Crippen LogP contribution in [0.5, 0.6) is 0 Å². The van der Waals surface area contributed by atoms with Gasteiger partial charge in [0, 0.05) is 13.1 Å². The monoisotopic (exact) mass is 299 g/mol. The van der Waals surface area contributed by atoms with Crippen molar-refractivity contribution in [1.29, 1.82) is 0 Å². The summed E-state index contributed by atoms with van der Waals surface area (Å²) in [7, 11) is 0. The van der Waals surface area contributed by atoms with Crippen molar-refractivity contribution in [1.82, 2.24) is 10.2 Å². The number of nitrogens with two attached hydrogens (primary N) is 1. The van der Waals surface area contributed by atoms with Crippen LogP contribution in [0.2, 0.25) is 0 Å². The Morgan fingerprint density at radius 2 is 1.90 bits per heavy atom. The van der Waals surface area contributed by atoms with Gasteiger partial charge in [-0.15, -0.1) is 0 Å². The molecule has 0 aliphatic heterocycles. The van der Waals surface area contributed by atoms with E-state index in [0.29, 0.717) is 11.5 Å². The highest BCUT2D eigenvalue weighted by Crippen LogP contribution is 2.36. The molecule has 5 heteroatoms. The van der Waals surface area contributed by atoms with Gasteiger partial charge in [-0.05, 0) is 32.4 Å². The Balaban J connectivity index is 2.49. The molecule has 1 aliphatic rings. The number of likely N-dealkylation sites (N-methyl/N-ethyl adjacent to an activating group) is 1. The van der Waals surface area contributed by atoms with Crippen LogP contribution in [0.1, 0.15) is 52.4 Å². The molecule has 0 aromatic rings. The molecule has 0 unspecified atom stereocenters. The lowest BCUT2D eigenvalue weighted by molar-refractivity contribution is -0.128. The average Bonchev–Trinajstić information content (AvgIpc) is 2.46. The average molecular weight is 299 g/mol. The van der Waals surface area contributed by atoms with E-state index in [2.05, 4.69) is 24.1 Å². The smallest absolute Gasteiger partial charge is 0.233 e. The molecule has 0 spiro atoms. The summed E-state index contributed by atoms with van der Waals surface area (Å²) in [5, 5.41) is 3.05. The fourth-order valence-corrected chi connectivity index (χ4v) is 3.28. The van der Waals surface area contributed by atoms with Crippen LogP contribution < -0.4 is 11.1 Å². The summed E-state index contributed by atoms with van der Waals surface area (Å²) in [6.07, 6.45) is 6.01. The van der Waals surface area contributed by atoms with Gasteiger partial charge in [0.15, 0.2) is 0 Å². The molecule has 3 N–H and O–H groups in total. The van der Waals surface area contributed by atoms with Crippen LogP contribution in [-0.2, 0) is 4.79 Å². The first-order valence-corrected chi connectivity index (χ1v) is 8.28. The van der Waals surface area contributed by atoms with Crippen LogP contribution in [0, 0.1) is 5.41 Å². The molecule has 4 nitrogen and oxygen atoms in total. The number of amides is 1. The SMILES string of the molecule is CCCN(CC)CCNC(=O)C1(C(N)=S)CCCCC1. The summed E-state index contributed by atoms with van der Waals surface area (Å²) in [6, 6.07) is 0. The molecule has 20 heavy (non-hydrogen) atoms. The first kappa shape index (κ1) is 17.4. The Morgan fingerprint density at radius 3 is 2.40 bits per heavy atom. The number of carbonyl (C=O) groups excluding carboxylic acids is 1. The number of thiocarbonyl (C=S) groups is 1. The Labute approximate surface area is 128 Å². The number of hydrogen-bond acceptors (Lipinski definition) is 3. The molecule has 0 aromatic carbocycles. The van der Waals surface area contributed by atoms with Crippen molar-refractivity contribution in [2.45, 2.75) is 52.4 Å². The molecule has 0 atom stereocenters. The molecule has 1 aliphatic carbocycles. The zero-order valence-corrected chi connectivity index (χ0v) is 13.7. The van der Waals surface area contributed by atoms with Crippen molar-refractivity contribution < 1.29 is 4.79 Å². The molecular formula is C15H29N3OS. The van der Waals surface area contributed by atoms with E-state index in [0.717, 1.165) is 51.7 Å². The third-order valence-electron chi connectivity index (χ3n) is 4.31. The lowest BCUT2D eigenvalue weighted by Crippen LogP contribution is -2.51. The maximum absolute atomic E-state index is 12.5. The molecule has 1 fully saturated rings. The number of rotatable bonds is 8. The molecule has 0 saturated heterocycles. The van der Waals surface area contributed by atoms with Gasteiger partial charge >= 0.3 is 0 Å². The lowest BCUT2D eigenvalue weighted by atomic mass is 9.73. The van der Waals surface area contributed by atoms with Gasteiger partial charge in [0.05, 0.1) is 10.4 Å². The van der Waals surface area contributed by atoms with Crippen molar-refractivity contribution in [3.8, 4) is 0 Å². The summed E-state index contributed by atoms with van der Waals surface area (Å²) in [6.45, 7) is 7.98. The number of carbonyl (C=O) groups is 1. The molecule has 0 aromatic heterocycles. The van der Waals surface area contributed by atoms with Gasteiger partial charge in [-0.1, -0.05) is 45.3 Å². The quantitative estimate of drug-likeness (QED) is 0.674. The first-order valence-electron chi connectivity index (χ1n) is 7.87. The van der Waals surface area contributed by atoms with Crippen molar-refractivity contribution in [3.05, 3.63) is 0 Å². The maximum atomic E-state index is 12.5. The molecule has 1 rings (SSSR count). The van der Waals surface area contributed by atoms with Crippen LogP contribution >= 0.6 is 12.2 Å². The van der Waals surface area contributed by atoms with Crippen LogP contribution in [0.15, 0.2) is 0 Å². The summed E-state index contributed by atoms with van der Waals surface area (Å²) in [5.74, 6) is 0.0391. The highest BCUT2D eigenvalue weighted by Gasteiger charge is 2.42. The molecule has 0 radical (unpaired) electrons. The van der Waals surface area contributed by atoms with E-state index >= 15 is 0 Å². The van der Waals surface area contributed by atoms with Crippen molar-refractivity contribution >= 4 is 23.1 Å². The van der Waals surface area contributed by atoms with Crippen molar-refractivity contribution in [2.75, 3.05) is 26.2 Å². The van der Waals surface area contributed by atoms with Crippen LogP contribution in [0.25, 0.3) is 0 Å². The van der Waals surface area contributed by atoms with Gasteiger partial charge in [-0.2, -0.15) is 0 Å². The molecule has 1 saturated carbocycles. The third-order valence-corrected chi connectivity index (χ3v) is 4.70. The number of nitrogens with zero attached hydrogens (tertiary/aromatic N) is 1. The number of nitrogens with one attached hydrogen (secondary N) is 1. The topological polar surface area (TPSA) is 58.4 Å². The predicted molar refractivity (Wildman–Crippen MR) is 87.7 cm³/mol. The van der Waals surface area contributed by atoms with Gasteiger partial charge in [0.25, 0.3) is 0 Å². The lowest BCUT2D eigenvalue weighted by Gasteiger charge is -2.35. The molecule has 1 amide bonds. The normalized spacial score (nSPS) is 17.9. The highest BCUT2D eigenvalue weighted by molar-refractivity contribution is 7.80. The zero-order chi connectivity index (χ0) is 15.0. The second kappa shape index (κ2) is 8.57. The van der Waals surface area contributed by atoms with E-state index in [4.69, 9.17) is 18.0 Å². The third kappa shape index (κ3) is 4.42. The van der Waals surface area contributed by atoms with E-state index in [1.165, 1.54) is 6.42 Å². The Kier molecular flexibility index (Phi) is 7.45. The van der Waals surface area contributed by atoms with E-state index in [1.54, 1.807) is 0 Å². The van der Waals surface area contributed by atoms with Gasteiger partial charge in [0.2, 0.25) is 5.91 Å². The van der Waals surface area contributed by atoms with Crippen LogP contribution in [0.3, 0.4) is 0 Å². The van der Waals surface area contributed by atoms with Gasteiger partial charge < -0.3 is 16.0 Å². The van der Waals surface area contributed by atoms with E-state index < -0.39 is 5.41 Å². The predicted octanol–water partition coefficient (Wildman–Crippen LogP) is 2.07.